The van der Waals surface area contributed by atoms with E-state index in [9.17, 15) is 14.7 Å². The monoisotopic (exact) mass is 237 g/mol. The molecule has 1 saturated heterocycles. The minimum absolute atomic E-state index is 0.248. The Bertz CT molecular complexity index is 471. The number of rotatable bonds is 2. The molecule has 1 aliphatic rings. The van der Waals surface area contributed by atoms with Crippen LogP contribution < -0.4 is 10.9 Å². The first-order chi connectivity index (χ1) is 8.09. The minimum atomic E-state index is -0.564. The van der Waals surface area contributed by atoms with Gasteiger partial charge in [0, 0.05) is 38.0 Å². The molecule has 6 nitrogen and oxygen atoms in total. The van der Waals surface area contributed by atoms with Crippen molar-refractivity contribution >= 4 is 5.91 Å². The van der Waals surface area contributed by atoms with E-state index in [1.54, 1.807) is 13.1 Å². The van der Waals surface area contributed by atoms with Crippen molar-refractivity contribution in [1.29, 1.82) is 0 Å². The molecule has 2 atom stereocenters. The molecule has 1 fully saturated rings. The van der Waals surface area contributed by atoms with Crippen LogP contribution in [-0.2, 0) is 0 Å². The first kappa shape index (κ1) is 11.8. The molecule has 0 bridgehead atoms. The number of β-amino-alcohol motifs (C(OH)–C–C–N with tert-alkyl or cyclic N) is 1. The van der Waals surface area contributed by atoms with E-state index in [1.807, 2.05) is 0 Å². The number of aromatic nitrogens is 1. The second-order valence-corrected chi connectivity index (χ2v) is 4.15. The lowest BCUT2D eigenvalue weighted by molar-refractivity contribution is 0.0581. The highest BCUT2D eigenvalue weighted by molar-refractivity contribution is 5.94. The Hall–Kier alpha value is -1.66. The highest BCUT2D eigenvalue weighted by Gasteiger charge is 2.31. The Morgan fingerprint density at radius 1 is 1.53 bits per heavy atom. The lowest BCUT2D eigenvalue weighted by Crippen LogP contribution is -2.44. The predicted octanol–water partition coefficient (Wildman–Crippen LogP) is -1.22. The lowest BCUT2D eigenvalue weighted by atomic mass is 10.1. The van der Waals surface area contributed by atoms with E-state index >= 15 is 0 Å². The smallest absolute Gasteiger partial charge is 0.254 e. The summed E-state index contributed by atoms with van der Waals surface area (Å²) in [7, 11) is 1.63. The quantitative estimate of drug-likeness (QED) is 0.602. The Morgan fingerprint density at radius 3 is 2.88 bits per heavy atom. The van der Waals surface area contributed by atoms with Gasteiger partial charge in [-0.05, 0) is 6.07 Å². The third-order valence-corrected chi connectivity index (χ3v) is 2.99. The molecule has 2 rings (SSSR count). The molecule has 2 heterocycles. The third-order valence-electron chi connectivity index (χ3n) is 2.99. The fourth-order valence-electron chi connectivity index (χ4n) is 1.98. The zero-order valence-electron chi connectivity index (χ0n) is 9.51. The summed E-state index contributed by atoms with van der Waals surface area (Å²) in [5.74, 6) is -0.260. The van der Waals surface area contributed by atoms with Crippen LogP contribution in [0.25, 0.3) is 0 Å². The van der Waals surface area contributed by atoms with E-state index < -0.39 is 6.10 Å². The van der Waals surface area contributed by atoms with Gasteiger partial charge in [-0.15, -0.1) is 0 Å². The number of nitrogens with one attached hydrogen (secondary N) is 2. The topological polar surface area (TPSA) is 85.4 Å². The summed E-state index contributed by atoms with van der Waals surface area (Å²) < 4.78 is 0. The van der Waals surface area contributed by atoms with E-state index in [0.717, 1.165) is 0 Å². The van der Waals surface area contributed by atoms with Gasteiger partial charge in [-0.2, -0.15) is 0 Å². The summed E-state index contributed by atoms with van der Waals surface area (Å²) in [6.07, 6.45) is 0.873. The van der Waals surface area contributed by atoms with Crippen molar-refractivity contribution in [2.45, 2.75) is 12.1 Å². The normalized spacial score (nSPS) is 23.6. The number of aliphatic hydroxyl groups is 1. The Morgan fingerprint density at radius 2 is 2.29 bits per heavy atom. The van der Waals surface area contributed by atoms with Crippen LogP contribution in [0.1, 0.15) is 10.4 Å². The summed E-state index contributed by atoms with van der Waals surface area (Å²) in [6.45, 7) is 1.05. The molecule has 0 unspecified atom stereocenters. The molecule has 0 radical (unpaired) electrons. The Kier molecular flexibility index (Phi) is 3.26. The molecule has 3 N–H and O–H groups in total. The van der Waals surface area contributed by atoms with Crippen molar-refractivity contribution in [1.82, 2.24) is 15.2 Å². The zero-order chi connectivity index (χ0) is 12.4. The number of nitrogens with zero attached hydrogens (tertiary/aromatic N) is 1. The van der Waals surface area contributed by atoms with Crippen molar-refractivity contribution in [3.8, 4) is 0 Å². The zero-order valence-corrected chi connectivity index (χ0v) is 9.51. The van der Waals surface area contributed by atoms with E-state index in [4.69, 9.17) is 0 Å². The number of likely N-dealkylation sites (N-methyl/N-ethyl adjacent to an activating group) is 1. The van der Waals surface area contributed by atoms with E-state index in [0.29, 0.717) is 18.7 Å². The van der Waals surface area contributed by atoms with Crippen LogP contribution in [0.2, 0.25) is 0 Å². The lowest BCUT2D eigenvalue weighted by Gasteiger charge is -2.26. The van der Waals surface area contributed by atoms with E-state index in [1.165, 1.54) is 17.2 Å². The van der Waals surface area contributed by atoms with Crippen molar-refractivity contribution in [3.63, 3.8) is 0 Å². The number of amides is 1. The fourth-order valence-corrected chi connectivity index (χ4v) is 1.98. The third kappa shape index (κ3) is 2.37. The van der Waals surface area contributed by atoms with Crippen LogP contribution >= 0.6 is 0 Å². The van der Waals surface area contributed by atoms with Crippen molar-refractivity contribution in [2.24, 2.45) is 0 Å². The van der Waals surface area contributed by atoms with E-state index in [-0.39, 0.29) is 17.5 Å². The molecule has 0 spiro atoms. The number of aliphatic hydroxyl groups excluding tert-OH is 1. The van der Waals surface area contributed by atoms with Gasteiger partial charge in [-0.1, -0.05) is 0 Å². The number of carbonyl (C=O) groups excluding carboxylic acids is 1. The summed E-state index contributed by atoms with van der Waals surface area (Å²) in [6, 6.07) is 2.56. The molecule has 0 saturated carbocycles. The van der Waals surface area contributed by atoms with Crippen LogP contribution in [0.15, 0.2) is 23.1 Å². The molecule has 1 aromatic heterocycles. The van der Waals surface area contributed by atoms with Crippen LogP contribution in [0.3, 0.4) is 0 Å². The molecular formula is C11H15N3O3. The summed E-state index contributed by atoms with van der Waals surface area (Å²) in [5, 5.41) is 12.7. The summed E-state index contributed by atoms with van der Waals surface area (Å²) in [5.41, 5.74) is 0.0182. The van der Waals surface area contributed by atoms with Gasteiger partial charge in [0.05, 0.1) is 12.1 Å². The van der Waals surface area contributed by atoms with Gasteiger partial charge >= 0.3 is 0 Å². The van der Waals surface area contributed by atoms with Gasteiger partial charge < -0.3 is 20.3 Å². The maximum absolute atomic E-state index is 12.1. The van der Waals surface area contributed by atoms with Crippen molar-refractivity contribution in [3.05, 3.63) is 34.2 Å². The number of hydrogen-bond acceptors (Lipinski definition) is 4. The number of aromatic amines is 1. The molecule has 92 valence electrons. The second-order valence-electron chi connectivity index (χ2n) is 4.15. The Balaban J connectivity index is 2.17. The average Bonchev–Trinajstić information content (AvgIpc) is 2.73. The molecule has 17 heavy (non-hydrogen) atoms. The van der Waals surface area contributed by atoms with Gasteiger partial charge in [0.1, 0.15) is 0 Å². The van der Waals surface area contributed by atoms with Crippen LogP contribution in [0.4, 0.5) is 0 Å². The molecule has 0 aromatic carbocycles. The molecule has 1 aliphatic heterocycles. The first-order valence-corrected chi connectivity index (χ1v) is 5.44. The maximum Gasteiger partial charge on any atom is 0.254 e. The molecule has 0 aliphatic carbocycles. The fraction of sp³-hybridized carbons (Fsp3) is 0.455. The number of H-pyrrole nitrogens is 1. The summed E-state index contributed by atoms with van der Waals surface area (Å²) in [4.78, 5) is 27.1. The van der Waals surface area contributed by atoms with Gasteiger partial charge in [0.25, 0.3) is 5.91 Å². The SMILES string of the molecule is CN(C(=O)c1cc[nH]c(=O)c1)[C@H]1CNC[C@@H]1O. The molecule has 1 aromatic rings. The number of pyridine rings is 1. The van der Waals surface area contributed by atoms with Crippen molar-refractivity contribution < 1.29 is 9.90 Å². The van der Waals surface area contributed by atoms with Gasteiger partial charge in [0.2, 0.25) is 5.56 Å². The standard InChI is InChI=1S/C11H15N3O3/c1-14(8-5-12-6-9(8)15)11(17)7-2-3-13-10(16)4-7/h2-4,8-9,12,15H,5-6H2,1H3,(H,13,16)/t8-,9-/m0/s1. The second kappa shape index (κ2) is 4.68. The predicted molar refractivity (Wildman–Crippen MR) is 61.8 cm³/mol. The van der Waals surface area contributed by atoms with Gasteiger partial charge in [-0.25, -0.2) is 0 Å². The summed E-state index contributed by atoms with van der Waals surface area (Å²) >= 11 is 0. The Labute approximate surface area is 98.3 Å². The first-order valence-electron chi connectivity index (χ1n) is 5.44. The van der Waals surface area contributed by atoms with Crippen molar-refractivity contribution in [2.75, 3.05) is 20.1 Å². The van der Waals surface area contributed by atoms with Gasteiger partial charge in [-0.3, -0.25) is 9.59 Å². The number of carbonyl (C=O) groups is 1. The molecule has 1 amide bonds. The van der Waals surface area contributed by atoms with Crippen LogP contribution in [0, 0.1) is 0 Å². The van der Waals surface area contributed by atoms with Crippen LogP contribution in [-0.4, -0.2) is 53.2 Å². The number of hydrogen-bond donors (Lipinski definition) is 3. The molecular weight excluding hydrogens is 222 g/mol. The average molecular weight is 237 g/mol. The minimum Gasteiger partial charge on any atom is -0.390 e. The van der Waals surface area contributed by atoms with E-state index in [2.05, 4.69) is 10.3 Å². The molecule has 6 heteroatoms. The van der Waals surface area contributed by atoms with Gasteiger partial charge in [0.15, 0.2) is 0 Å². The maximum atomic E-state index is 12.1. The highest BCUT2D eigenvalue weighted by atomic mass is 16.3. The van der Waals surface area contributed by atoms with Crippen LogP contribution in [0.5, 0.6) is 0 Å². The highest BCUT2D eigenvalue weighted by Crippen LogP contribution is 2.10. The largest absolute Gasteiger partial charge is 0.390 e.